The number of ketones is 2. The predicted molar refractivity (Wildman–Crippen MR) is 234 cm³/mol. The maximum absolute atomic E-state index is 12.5. The summed E-state index contributed by atoms with van der Waals surface area (Å²) < 4.78 is 0.884. The van der Waals surface area contributed by atoms with E-state index in [1.807, 2.05) is 79.0 Å². The first kappa shape index (κ1) is 41.3. The minimum Gasteiger partial charge on any atom is -0.399 e. The van der Waals surface area contributed by atoms with Gasteiger partial charge in [0.25, 0.3) is 0 Å². The molecule has 0 amide bonds. The van der Waals surface area contributed by atoms with E-state index in [0.29, 0.717) is 31.4 Å². The second kappa shape index (κ2) is 19.1. The fourth-order valence-electron chi connectivity index (χ4n) is 6.47. The van der Waals surface area contributed by atoms with E-state index in [-0.39, 0.29) is 19.0 Å². The van der Waals surface area contributed by atoms with E-state index in [0.717, 1.165) is 61.8 Å². The zero-order valence-electron chi connectivity index (χ0n) is 31.6. The van der Waals surface area contributed by atoms with Crippen LogP contribution < -0.4 is 5.73 Å². The number of carbonyl (C=O) groups excluding carboxylic acids is 2. The molecule has 0 radical (unpaired) electrons. The quantitative estimate of drug-likeness (QED) is 0.141. The number of hydrogen-bond acceptors (Lipinski definition) is 7. The summed E-state index contributed by atoms with van der Waals surface area (Å²) in [5.74, 6) is 0.407. The molecule has 0 fully saturated rings. The van der Waals surface area contributed by atoms with Crippen molar-refractivity contribution in [2.45, 2.75) is 67.2 Å². The molecule has 2 aliphatic rings. The highest BCUT2D eigenvalue weighted by molar-refractivity contribution is 9.10. The van der Waals surface area contributed by atoms with E-state index >= 15 is 0 Å². The number of nitrogens with zero attached hydrogens (tertiary/aromatic N) is 4. The standard InChI is InChI=1S/C24H22N2O.C18H18N2O.C5H4BrN.CH4/c1-16-10-20-14-22(27)15-24(26-23(20)11-17(16)2)19-7-5-6-18(12-19)13-21-8-3-4-9-25-21;1-11-6-14-9-16(21)10-18(20-17(14)7-12(11)2)13-4-3-5-15(19)8-13;6-5-3-1-2-4-7-5;/h3-12H,13-15H2,1-2H3;3-8H,9-10,19H2,1-2H3;1-4H;1H4. The Balaban J connectivity index is 0.000000183. The SMILES string of the molecule is Brc1ccccn1.C.Cc1cc2c(cc1C)N=C(c1cccc(Cc3ccccn3)c1)CC(=O)C2.Cc1cc2c(cc1C)N=C(c1cccc(N)c1)CC(=O)C2. The van der Waals surface area contributed by atoms with Crippen LogP contribution in [-0.4, -0.2) is 33.0 Å². The first-order chi connectivity index (χ1) is 26.5. The van der Waals surface area contributed by atoms with Crippen LogP contribution >= 0.6 is 15.9 Å². The smallest absolute Gasteiger partial charge is 0.143 e. The van der Waals surface area contributed by atoms with Gasteiger partial charge in [0.15, 0.2) is 0 Å². The maximum Gasteiger partial charge on any atom is 0.143 e. The van der Waals surface area contributed by atoms with Crippen molar-refractivity contribution >= 4 is 56.0 Å². The molecular formula is C48H48BrN5O2. The van der Waals surface area contributed by atoms with Gasteiger partial charge in [0, 0.05) is 55.9 Å². The lowest BCUT2D eigenvalue weighted by Crippen LogP contribution is -2.09. The van der Waals surface area contributed by atoms with Gasteiger partial charge in [0.05, 0.1) is 22.8 Å². The van der Waals surface area contributed by atoms with E-state index in [1.165, 1.54) is 27.8 Å². The molecule has 284 valence electrons. The number of Topliss-reactive ketones (excluding diaryl/α,β-unsaturated/α-hetero) is 2. The average molecular weight is 807 g/mol. The van der Waals surface area contributed by atoms with Crippen molar-refractivity contribution < 1.29 is 9.59 Å². The zero-order valence-corrected chi connectivity index (χ0v) is 33.2. The number of fused-ring (bicyclic) bond motifs is 2. The highest BCUT2D eigenvalue weighted by atomic mass is 79.9. The summed E-state index contributed by atoms with van der Waals surface area (Å²) in [4.78, 5) is 42.6. The molecule has 8 rings (SSSR count). The van der Waals surface area contributed by atoms with Crippen LogP contribution in [0.2, 0.25) is 0 Å². The van der Waals surface area contributed by atoms with Gasteiger partial charge in [-0.05, 0) is 148 Å². The van der Waals surface area contributed by atoms with Crippen LogP contribution in [0.25, 0.3) is 0 Å². The van der Waals surface area contributed by atoms with Crippen LogP contribution in [0.4, 0.5) is 17.1 Å². The molecule has 6 aromatic rings. The van der Waals surface area contributed by atoms with Crippen molar-refractivity contribution in [3.63, 3.8) is 0 Å². The second-order valence-corrected chi connectivity index (χ2v) is 14.8. The molecule has 0 bridgehead atoms. The molecule has 0 saturated carbocycles. The Labute approximate surface area is 339 Å². The molecule has 2 N–H and O–H groups in total. The number of carbonyl (C=O) groups is 2. The number of halogens is 1. The highest BCUT2D eigenvalue weighted by Crippen LogP contribution is 2.30. The second-order valence-electron chi connectivity index (χ2n) is 14.0. The lowest BCUT2D eigenvalue weighted by atomic mass is 9.98. The topological polar surface area (TPSA) is 111 Å². The lowest BCUT2D eigenvalue weighted by Gasteiger charge is -2.08. The first-order valence-corrected chi connectivity index (χ1v) is 19.1. The normalized spacial score (nSPS) is 13.1. The summed E-state index contributed by atoms with van der Waals surface area (Å²) in [6.07, 6.45) is 5.96. The summed E-state index contributed by atoms with van der Waals surface area (Å²) in [5.41, 5.74) is 21.0. The minimum absolute atomic E-state index is 0. The molecule has 0 saturated heterocycles. The predicted octanol–water partition coefficient (Wildman–Crippen LogP) is 10.9. The van der Waals surface area contributed by atoms with E-state index in [1.54, 1.807) is 6.20 Å². The summed E-state index contributed by atoms with van der Waals surface area (Å²) >= 11 is 3.20. The number of aliphatic imine (C=N–C) groups is 2. The Bertz CT molecular complexity index is 2410. The number of benzene rings is 4. The van der Waals surface area contributed by atoms with Crippen molar-refractivity contribution in [2.24, 2.45) is 9.98 Å². The number of hydrogen-bond donors (Lipinski definition) is 1. The Morgan fingerprint density at radius 3 is 1.57 bits per heavy atom. The zero-order chi connectivity index (χ0) is 38.9. The molecule has 8 heteroatoms. The van der Waals surface area contributed by atoms with E-state index < -0.39 is 0 Å². The van der Waals surface area contributed by atoms with Crippen molar-refractivity contribution in [3.05, 3.63) is 182 Å². The van der Waals surface area contributed by atoms with Gasteiger partial charge in [-0.25, -0.2) is 4.98 Å². The third-order valence-electron chi connectivity index (χ3n) is 9.63. The Kier molecular flexibility index (Phi) is 14.1. The molecule has 2 aliphatic heterocycles. The number of rotatable bonds is 4. The number of nitrogens with two attached hydrogens (primary N) is 1. The summed E-state index contributed by atoms with van der Waals surface area (Å²) in [5, 5.41) is 0. The van der Waals surface area contributed by atoms with Crippen LogP contribution in [-0.2, 0) is 28.9 Å². The molecule has 4 aromatic carbocycles. The fraction of sp³-hybridized carbons (Fsp3) is 0.208. The van der Waals surface area contributed by atoms with E-state index in [2.05, 4.69) is 90.0 Å². The molecule has 0 atom stereocenters. The number of anilines is 1. The molecule has 0 aliphatic carbocycles. The van der Waals surface area contributed by atoms with Gasteiger partial charge < -0.3 is 5.73 Å². The molecule has 0 unspecified atom stereocenters. The van der Waals surface area contributed by atoms with Crippen molar-refractivity contribution in [1.82, 2.24) is 9.97 Å². The van der Waals surface area contributed by atoms with Crippen molar-refractivity contribution in [1.29, 1.82) is 0 Å². The van der Waals surface area contributed by atoms with Crippen LogP contribution in [0.5, 0.6) is 0 Å². The van der Waals surface area contributed by atoms with Gasteiger partial charge in [0.1, 0.15) is 16.2 Å². The van der Waals surface area contributed by atoms with Crippen LogP contribution in [0.3, 0.4) is 0 Å². The monoisotopic (exact) mass is 805 g/mol. The van der Waals surface area contributed by atoms with Crippen LogP contribution in [0.1, 0.15) is 76.0 Å². The van der Waals surface area contributed by atoms with E-state index in [9.17, 15) is 9.59 Å². The summed E-state index contributed by atoms with van der Waals surface area (Å²) in [7, 11) is 0. The molecule has 2 aromatic heterocycles. The minimum atomic E-state index is 0. The van der Waals surface area contributed by atoms with Gasteiger partial charge in [-0.3, -0.25) is 24.6 Å². The summed E-state index contributed by atoms with van der Waals surface area (Å²) in [6, 6.07) is 35.9. The van der Waals surface area contributed by atoms with Gasteiger partial charge in [-0.15, -0.1) is 0 Å². The van der Waals surface area contributed by atoms with Gasteiger partial charge in [-0.1, -0.05) is 62.0 Å². The van der Waals surface area contributed by atoms with Crippen LogP contribution in [0, 0.1) is 27.7 Å². The largest absolute Gasteiger partial charge is 0.399 e. The van der Waals surface area contributed by atoms with Gasteiger partial charge in [-0.2, -0.15) is 0 Å². The lowest BCUT2D eigenvalue weighted by molar-refractivity contribution is -0.118. The van der Waals surface area contributed by atoms with Crippen molar-refractivity contribution in [3.8, 4) is 0 Å². The summed E-state index contributed by atoms with van der Waals surface area (Å²) in [6.45, 7) is 8.30. The maximum atomic E-state index is 12.5. The molecule has 56 heavy (non-hydrogen) atoms. The third-order valence-corrected chi connectivity index (χ3v) is 10.1. The van der Waals surface area contributed by atoms with Gasteiger partial charge in [0.2, 0.25) is 0 Å². The number of pyridine rings is 2. The fourth-order valence-corrected chi connectivity index (χ4v) is 6.74. The molecule has 0 spiro atoms. The van der Waals surface area contributed by atoms with Crippen molar-refractivity contribution in [2.75, 3.05) is 5.73 Å². The molecule has 7 nitrogen and oxygen atoms in total. The Hall–Kier alpha value is -5.86. The number of aromatic nitrogens is 2. The number of aryl methyl sites for hydroxylation is 4. The van der Waals surface area contributed by atoms with Crippen LogP contribution in [0.15, 0.2) is 136 Å². The number of nitrogen functional groups attached to an aromatic ring is 1. The first-order valence-electron chi connectivity index (χ1n) is 18.3. The van der Waals surface area contributed by atoms with E-state index in [4.69, 9.17) is 15.7 Å². The molecule has 4 heterocycles. The third kappa shape index (κ3) is 11.1. The average Bonchev–Trinajstić information content (AvgIpc) is 3.43. The molecular weight excluding hydrogens is 758 g/mol. The Morgan fingerprint density at radius 2 is 1.09 bits per heavy atom. The Morgan fingerprint density at radius 1 is 0.571 bits per heavy atom. The highest BCUT2D eigenvalue weighted by Gasteiger charge is 2.20. The van der Waals surface area contributed by atoms with Gasteiger partial charge >= 0.3 is 0 Å².